The number of nitrogens with one attached hydrogen (secondary N) is 1. The Balaban J connectivity index is 1.90. The van der Waals surface area contributed by atoms with Crippen LogP contribution in [0.4, 0.5) is 10.5 Å². The van der Waals surface area contributed by atoms with Gasteiger partial charge in [0, 0.05) is 26.2 Å². The molecule has 114 valence electrons. The molecule has 0 aliphatic carbocycles. The molecule has 1 saturated heterocycles. The molecule has 0 bridgehead atoms. The second-order valence-electron chi connectivity index (χ2n) is 4.93. The molecule has 1 atom stereocenters. The summed E-state index contributed by atoms with van der Waals surface area (Å²) in [5.41, 5.74) is 0.957. The fourth-order valence-electron chi connectivity index (χ4n) is 2.20. The second kappa shape index (κ2) is 6.67. The summed E-state index contributed by atoms with van der Waals surface area (Å²) in [6, 6.07) is 6.36. The molecule has 0 spiro atoms. The van der Waals surface area contributed by atoms with Gasteiger partial charge < -0.3 is 20.2 Å². The molecule has 21 heavy (non-hydrogen) atoms. The highest BCUT2D eigenvalue weighted by atomic mass is 35.5. The topological polar surface area (TPSA) is 72.9 Å². The largest absolute Gasteiger partial charge is 0.480 e. The molecule has 6 nitrogen and oxygen atoms in total. The molecule has 0 radical (unpaired) electrons. The number of hydrogen-bond donors (Lipinski definition) is 2. The Labute approximate surface area is 128 Å². The van der Waals surface area contributed by atoms with Crippen LogP contribution in [0.15, 0.2) is 24.3 Å². The summed E-state index contributed by atoms with van der Waals surface area (Å²) in [6.07, 6.45) is 0. The third-order valence-electron chi connectivity index (χ3n) is 3.47. The molecule has 0 aromatic heterocycles. The van der Waals surface area contributed by atoms with Gasteiger partial charge in [0.25, 0.3) is 0 Å². The number of aliphatic carboxylic acids is 1. The number of nitrogens with zero attached hydrogens (tertiary/aromatic N) is 2. The van der Waals surface area contributed by atoms with Crippen LogP contribution in [0.5, 0.6) is 0 Å². The lowest BCUT2D eigenvalue weighted by Gasteiger charge is -2.36. The van der Waals surface area contributed by atoms with Crippen LogP contribution in [0.2, 0.25) is 5.02 Å². The number of anilines is 1. The molecule has 7 heteroatoms. The number of carbonyl (C=O) groups is 2. The molecule has 1 aliphatic rings. The summed E-state index contributed by atoms with van der Waals surface area (Å²) in [5, 5.41) is 11.9. The third kappa shape index (κ3) is 3.78. The molecule has 1 heterocycles. The van der Waals surface area contributed by atoms with E-state index >= 15 is 0 Å². The zero-order valence-corrected chi connectivity index (χ0v) is 12.5. The maximum Gasteiger partial charge on any atom is 0.325 e. The first-order valence-corrected chi connectivity index (χ1v) is 7.14. The first kappa shape index (κ1) is 15.4. The first-order valence-electron chi connectivity index (χ1n) is 6.77. The van der Waals surface area contributed by atoms with Crippen LogP contribution in [0.1, 0.15) is 6.92 Å². The quantitative estimate of drug-likeness (QED) is 0.890. The van der Waals surface area contributed by atoms with Gasteiger partial charge in [0.1, 0.15) is 6.04 Å². The van der Waals surface area contributed by atoms with Gasteiger partial charge in [-0.2, -0.15) is 0 Å². The number of para-hydroxylation sites is 1. The number of carboxylic acid groups (broad SMARTS) is 1. The van der Waals surface area contributed by atoms with E-state index in [1.54, 1.807) is 4.90 Å². The van der Waals surface area contributed by atoms with Crippen molar-refractivity contribution >= 4 is 29.3 Å². The summed E-state index contributed by atoms with van der Waals surface area (Å²) in [7, 11) is 0. The van der Waals surface area contributed by atoms with Crippen LogP contribution in [-0.2, 0) is 4.79 Å². The van der Waals surface area contributed by atoms with Gasteiger partial charge in [-0.05, 0) is 19.1 Å². The molecule has 0 saturated carbocycles. The van der Waals surface area contributed by atoms with Gasteiger partial charge in [0.2, 0.25) is 0 Å². The highest BCUT2D eigenvalue weighted by molar-refractivity contribution is 6.33. The van der Waals surface area contributed by atoms with Crippen molar-refractivity contribution in [2.75, 3.05) is 31.1 Å². The average Bonchev–Trinajstić information content (AvgIpc) is 2.47. The standard InChI is InChI=1S/C14H18ClN3O3/c1-10(13(19)20)16-14(21)18-8-6-17(7-9-18)12-5-3-2-4-11(12)15/h2-5,10H,6-9H2,1H3,(H,16,21)(H,19,20)/t10-/m0/s1. The zero-order valence-electron chi connectivity index (χ0n) is 11.8. The molecule has 1 aromatic rings. The molecule has 2 N–H and O–H groups in total. The minimum atomic E-state index is -1.04. The van der Waals surface area contributed by atoms with Crippen molar-refractivity contribution in [2.24, 2.45) is 0 Å². The predicted octanol–water partition coefficient (Wildman–Crippen LogP) is 1.64. The van der Waals surface area contributed by atoms with Gasteiger partial charge in [-0.1, -0.05) is 23.7 Å². The first-order chi connectivity index (χ1) is 9.99. The Morgan fingerprint density at radius 3 is 2.43 bits per heavy atom. The Morgan fingerprint density at radius 1 is 1.24 bits per heavy atom. The van der Waals surface area contributed by atoms with Crippen molar-refractivity contribution in [1.82, 2.24) is 10.2 Å². The van der Waals surface area contributed by atoms with E-state index in [1.807, 2.05) is 24.3 Å². The second-order valence-corrected chi connectivity index (χ2v) is 5.34. The van der Waals surface area contributed by atoms with E-state index in [9.17, 15) is 9.59 Å². The van der Waals surface area contributed by atoms with Gasteiger partial charge >= 0.3 is 12.0 Å². The van der Waals surface area contributed by atoms with Crippen LogP contribution in [-0.4, -0.2) is 54.2 Å². The van der Waals surface area contributed by atoms with Crippen molar-refractivity contribution in [3.8, 4) is 0 Å². The van der Waals surface area contributed by atoms with Crippen molar-refractivity contribution in [1.29, 1.82) is 0 Å². The fraction of sp³-hybridized carbons (Fsp3) is 0.429. The number of benzene rings is 1. The summed E-state index contributed by atoms with van der Waals surface area (Å²) in [5.74, 6) is -1.04. The Kier molecular flexibility index (Phi) is 4.90. The van der Waals surface area contributed by atoms with E-state index in [0.29, 0.717) is 31.2 Å². The normalized spacial score (nSPS) is 16.5. The van der Waals surface area contributed by atoms with E-state index < -0.39 is 12.0 Å². The van der Waals surface area contributed by atoms with Crippen molar-refractivity contribution < 1.29 is 14.7 Å². The zero-order chi connectivity index (χ0) is 15.4. The number of carboxylic acids is 1. The summed E-state index contributed by atoms with van der Waals surface area (Å²) in [6.45, 7) is 3.84. The lowest BCUT2D eigenvalue weighted by atomic mass is 10.2. The predicted molar refractivity (Wildman–Crippen MR) is 80.9 cm³/mol. The molecule has 0 unspecified atom stereocenters. The maximum atomic E-state index is 11.9. The third-order valence-corrected chi connectivity index (χ3v) is 3.79. The van der Waals surface area contributed by atoms with E-state index in [-0.39, 0.29) is 6.03 Å². The lowest BCUT2D eigenvalue weighted by molar-refractivity contribution is -0.138. The van der Waals surface area contributed by atoms with Gasteiger partial charge in [0.15, 0.2) is 0 Å². The Bertz CT molecular complexity index is 530. The lowest BCUT2D eigenvalue weighted by Crippen LogP contribution is -2.54. The number of amides is 2. The fourth-order valence-corrected chi connectivity index (χ4v) is 2.45. The molecular formula is C14H18ClN3O3. The minimum Gasteiger partial charge on any atom is -0.480 e. The molecule has 2 rings (SSSR count). The molecular weight excluding hydrogens is 294 g/mol. The molecule has 1 aromatic carbocycles. The van der Waals surface area contributed by atoms with E-state index in [2.05, 4.69) is 10.2 Å². The van der Waals surface area contributed by atoms with Crippen LogP contribution < -0.4 is 10.2 Å². The summed E-state index contributed by atoms with van der Waals surface area (Å²) < 4.78 is 0. The van der Waals surface area contributed by atoms with Gasteiger partial charge in [0.05, 0.1) is 10.7 Å². The number of hydrogen-bond acceptors (Lipinski definition) is 3. The molecule has 2 amide bonds. The van der Waals surface area contributed by atoms with Crippen LogP contribution in [0, 0.1) is 0 Å². The van der Waals surface area contributed by atoms with E-state index in [1.165, 1.54) is 6.92 Å². The maximum absolute atomic E-state index is 11.9. The number of urea groups is 1. The van der Waals surface area contributed by atoms with Crippen LogP contribution >= 0.6 is 11.6 Å². The Morgan fingerprint density at radius 2 is 1.86 bits per heavy atom. The smallest absolute Gasteiger partial charge is 0.325 e. The monoisotopic (exact) mass is 311 g/mol. The highest BCUT2D eigenvalue weighted by Gasteiger charge is 2.24. The van der Waals surface area contributed by atoms with Crippen molar-refractivity contribution in [3.05, 3.63) is 29.3 Å². The van der Waals surface area contributed by atoms with Crippen molar-refractivity contribution in [2.45, 2.75) is 13.0 Å². The average molecular weight is 312 g/mol. The molecule has 1 fully saturated rings. The van der Waals surface area contributed by atoms with Gasteiger partial charge in [-0.15, -0.1) is 0 Å². The number of halogens is 1. The molecule has 1 aliphatic heterocycles. The Hall–Kier alpha value is -1.95. The number of carbonyl (C=O) groups excluding carboxylic acids is 1. The minimum absolute atomic E-state index is 0.344. The van der Waals surface area contributed by atoms with Crippen LogP contribution in [0.3, 0.4) is 0 Å². The van der Waals surface area contributed by atoms with Gasteiger partial charge in [-0.3, -0.25) is 4.79 Å². The van der Waals surface area contributed by atoms with E-state index in [4.69, 9.17) is 16.7 Å². The number of rotatable bonds is 3. The highest BCUT2D eigenvalue weighted by Crippen LogP contribution is 2.25. The van der Waals surface area contributed by atoms with E-state index in [0.717, 1.165) is 5.69 Å². The number of piperazine rings is 1. The van der Waals surface area contributed by atoms with Crippen LogP contribution in [0.25, 0.3) is 0 Å². The summed E-state index contributed by atoms with van der Waals surface area (Å²) >= 11 is 6.16. The SMILES string of the molecule is C[C@H](NC(=O)N1CCN(c2ccccc2Cl)CC1)C(=O)O. The van der Waals surface area contributed by atoms with Crippen molar-refractivity contribution in [3.63, 3.8) is 0 Å². The van der Waals surface area contributed by atoms with Gasteiger partial charge in [-0.25, -0.2) is 4.79 Å². The summed E-state index contributed by atoms with van der Waals surface area (Å²) in [4.78, 5) is 26.4.